The number of hydrogen-bond donors (Lipinski definition) is 0. The standard InChI is InChI=1S/C50H28N6/c51-28-32-15-17-35(18-16-32)44-27-50(56-46-14-4-2-12-41(46)43-22-20-39(26-48(43)56)37-10-6-8-34(24-37)30-53)54-31-49(44)55-45-13-3-1-11-40(45)42-21-19-38(25-47(42)55)36-9-5-7-33(23-36)29-52/h1-27,31H. The summed E-state index contributed by atoms with van der Waals surface area (Å²) in [5.74, 6) is 0.747. The first-order valence-electron chi connectivity index (χ1n) is 18.2. The van der Waals surface area contributed by atoms with Crippen LogP contribution in [0, 0.1) is 34.0 Å². The molecule has 0 aliphatic carbocycles. The fraction of sp³-hybridized carbons (Fsp3) is 0. The van der Waals surface area contributed by atoms with Crippen molar-refractivity contribution in [3.63, 3.8) is 0 Å². The largest absolute Gasteiger partial charge is 0.307 e. The fourth-order valence-corrected chi connectivity index (χ4v) is 8.04. The molecule has 56 heavy (non-hydrogen) atoms. The van der Waals surface area contributed by atoms with Crippen LogP contribution < -0.4 is 0 Å². The van der Waals surface area contributed by atoms with Crippen LogP contribution >= 0.6 is 0 Å². The van der Waals surface area contributed by atoms with Crippen LogP contribution in [0.1, 0.15) is 16.7 Å². The summed E-state index contributed by atoms with van der Waals surface area (Å²) in [5.41, 5.74) is 12.6. The normalized spacial score (nSPS) is 11.2. The number of nitriles is 3. The molecular formula is C50H28N6. The average Bonchev–Trinajstić information content (AvgIpc) is 3.78. The Morgan fingerprint density at radius 3 is 1.43 bits per heavy atom. The Morgan fingerprint density at radius 2 is 0.857 bits per heavy atom. The lowest BCUT2D eigenvalue weighted by Crippen LogP contribution is -2.03. The summed E-state index contributed by atoms with van der Waals surface area (Å²) >= 11 is 0. The van der Waals surface area contributed by atoms with Crippen molar-refractivity contribution in [1.29, 1.82) is 15.8 Å². The second-order valence-corrected chi connectivity index (χ2v) is 13.8. The van der Waals surface area contributed by atoms with Crippen molar-refractivity contribution >= 4 is 43.6 Å². The van der Waals surface area contributed by atoms with Gasteiger partial charge < -0.3 is 4.57 Å². The number of fused-ring (bicyclic) bond motifs is 6. The monoisotopic (exact) mass is 712 g/mol. The van der Waals surface area contributed by atoms with Crippen LogP contribution in [0.25, 0.3) is 88.5 Å². The van der Waals surface area contributed by atoms with Gasteiger partial charge in [0.25, 0.3) is 0 Å². The van der Waals surface area contributed by atoms with E-state index in [9.17, 15) is 15.8 Å². The van der Waals surface area contributed by atoms with Crippen LogP contribution in [0.15, 0.2) is 170 Å². The molecule has 0 spiro atoms. The smallest absolute Gasteiger partial charge is 0.138 e. The number of para-hydroxylation sites is 2. The molecule has 6 heteroatoms. The van der Waals surface area contributed by atoms with Gasteiger partial charge in [-0.2, -0.15) is 15.8 Å². The van der Waals surface area contributed by atoms with Gasteiger partial charge in [0.05, 0.1) is 68.8 Å². The van der Waals surface area contributed by atoms with Crippen LogP contribution in [-0.2, 0) is 0 Å². The Kier molecular flexibility index (Phi) is 7.53. The highest BCUT2D eigenvalue weighted by atomic mass is 15.1. The summed E-state index contributed by atoms with van der Waals surface area (Å²) in [6.45, 7) is 0. The van der Waals surface area contributed by atoms with Crippen molar-refractivity contribution in [2.75, 3.05) is 0 Å². The number of aromatic nitrogens is 3. The van der Waals surface area contributed by atoms with E-state index in [4.69, 9.17) is 4.98 Å². The van der Waals surface area contributed by atoms with E-state index < -0.39 is 0 Å². The average molecular weight is 713 g/mol. The SMILES string of the molecule is N#Cc1ccc(-c2cc(-n3c4ccccc4c4ccc(-c5cccc(C#N)c5)cc43)ncc2-n2c3ccccc3c3ccc(-c4cccc(C#N)c4)cc32)cc1. The van der Waals surface area contributed by atoms with Crippen LogP contribution in [0.2, 0.25) is 0 Å². The molecule has 0 atom stereocenters. The predicted octanol–water partition coefficient (Wildman–Crippen LogP) is 11.9. The third-order valence-corrected chi connectivity index (χ3v) is 10.7. The predicted molar refractivity (Wildman–Crippen MR) is 223 cm³/mol. The molecule has 0 bridgehead atoms. The van der Waals surface area contributed by atoms with Crippen LogP contribution in [0.3, 0.4) is 0 Å². The third kappa shape index (κ3) is 5.20. The zero-order chi connectivity index (χ0) is 37.8. The minimum absolute atomic E-state index is 0.584. The molecule has 0 saturated carbocycles. The fourth-order valence-electron chi connectivity index (χ4n) is 8.04. The number of benzene rings is 7. The van der Waals surface area contributed by atoms with Gasteiger partial charge >= 0.3 is 0 Å². The van der Waals surface area contributed by atoms with E-state index in [-0.39, 0.29) is 0 Å². The summed E-state index contributed by atoms with van der Waals surface area (Å²) in [5, 5.41) is 33.4. The van der Waals surface area contributed by atoms with Crippen LogP contribution in [0.5, 0.6) is 0 Å². The summed E-state index contributed by atoms with van der Waals surface area (Å²) < 4.78 is 4.49. The molecule has 258 valence electrons. The molecule has 3 aromatic heterocycles. The van der Waals surface area contributed by atoms with Gasteiger partial charge in [-0.05, 0) is 94.5 Å². The zero-order valence-corrected chi connectivity index (χ0v) is 29.8. The number of hydrogen-bond acceptors (Lipinski definition) is 4. The molecule has 7 aromatic carbocycles. The van der Waals surface area contributed by atoms with E-state index in [0.717, 1.165) is 88.5 Å². The van der Waals surface area contributed by atoms with E-state index in [0.29, 0.717) is 16.7 Å². The van der Waals surface area contributed by atoms with Gasteiger partial charge in [-0.3, -0.25) is 4.57 Å². The molecular weight excluding hydrogens is 685 g/mol. The second kappa shape index (κ2) is 13.0. The highest BCUT2D eigenvalue weighted by Crippen LogP contribution is 2.40. The first-order chi connectivity index (χ1) is 27.6. The van der Waals surface area contributed by atoms with Gasteiger partial charge in [-0.15, -0.1) is 0 Å². The van der Waals surface area contributed by atoms with Gasteiger partial charge in [0, 0.05) is 27.1 Å². The van der Waals surface area contributed by atoms with Crippen molar-refractivity contribution in [2.45, 2.75) is 0 Å². The summed E-state index contributed by atoms with van der Waals surface area (Å²) in [6.07, 6.45) is 1.96. The molecule has 10 rings (SSSR count). The maximum absolute atomic E-state index is 9.70. The lowest BCUT2D eigenvalue weighted by atomic mass is 10.0. The summed E-state index contributed by atoms with van der Waals surface area (Å²) in [4.78, 5) is 5.25. The molecule has 6 nitrogen and oxygen atoms in total. The molecule has 0 amide bonds. The molecule has 0 unspecified atom stereocenters. The van der Waals surface area contributed by atoms with Crippen molar-refractivity contribution in [3.05, 3.63) is 187 Å². The van der Waals surface area contributed by atoms with Crippen LogP contribution in [-0.4, -0.2) is 14.1 Å². The molecule has 0 aliphatic rings. The number of pyridine rings is 1. The minimum atomic E-state index is 0.584. The topological polar surface area (TPSA) is 94.1 Å². The number of nitrogens with zero attached hydrogens (tertiary/aromatic N) is 6. The molecule has 10 aromatic rings. The first kappa shape index (κ1) is 32.4. The summed E-state index contributed by atoms with van der Waals surface area (Å²) in [7, 11) is 0. The van der Waals surface area contributed by atoms with Crippen molar-refractivity contribution in [1.82, 2.24) is 14.1 Å². The minimum Gasteiger partial charge on any atom is -0.307 e. The lowest BCUT2D eigenvalue weighted by molar-refractivity contribution is 1.06. The molecule has 0 saturated heterocycles. The van der Waals surface area contributed by atoms with E-state index in [1.807, 2.05) is 85.1 Å². The van der Waals surface area contributed by atoms with E-state index in [2.05, 4.69) is 112 Å². The quantitative estimate of drug-likeness (QED) is 0.177. The van der Waals surface area contributed by atoms with E-state index in [1.54, 1.807) is 0 Å². The lowest BCUT2D eigenvalue weighted by Gasteiger charge is -2.17. The number of rotatable bonds is 5. The Labute approximate surface area is 322 Å². The van der Waals surface area contributed by atoms with Gasteiger partial charge in [-0.25, -0.2) is 4.98 Å². The Balaban J connectivity index is 1.25. The maximum Gasteiger partial charge on any atom is 0.138 e. The second-order valence-electron chi connectivity index (χ2n) is 13.8. The van der Waals surface area contributed by atoms with Gasteiger partial charge in [-0.1, -0.05) is 97.1 Å². The summed E-state index contributed by atoms with van der Waals surface area (Å²) in [6, 6.07) is 61.7. The van der Waals surface area contributed by atoms with Crippen LogP contribution in [0.4, 0.5) is 0 Å². The third-order valence-electron chi connectivity index (χ3n) is 10.7. The van der Waals surface area contributed by atoms with Gasteiger partial charge in [0.1, 0.15) is 5.82 Å². The van der Waals surface area contributed by atoms with Crippen molar-refractivity contribution < 1.29 is 0 Å². The molecule has 0 fully saturated rings. The maximum atomic E-state index is 9.70. The van der Waals surface area contributed by atoms with E-state index >= 15 is 0 Å². The Morgan fingerprint density at radius 1 is 0.375 bits per heavy atom. The molecule has 0 radical (unpaired) electrons. The van der Waals surface area contributed by atoms with Crippen molar-refractivity contribution in [2.24, 2.45) is 0 Å². The Bertz CT molecular complexity index is 3340. The Hall–Kier alpha value is -8.24. The first-order valence-corrected chi connectivity index (χ1v) is 18.2. The highest BCUT2D eigenvalue weighted by Gasteiger charge is 2.20. The molecule has 0 aliphatic heterocycles. The molecule has 0 N–H and O–H groups in total. The zero-order valence-electron chi connectivity index (χ0n) is 29.8. The molecule has 3 heterocycles. The highest BCUT2D eigenvalue weighted by molar-refractivity contribution is 6.12. The van der Waals surface area contributed by atoms with E-state index in [1.165, 1.54) is 0 Å². The van der Waals surface area contributed by atoms with Gasteiger partial charge in [0.2, 0.25) is 0 Å². The van der Waals surface area contributed by atoms with Gasteiger partial charge in [0.15, 0.2) is 0 Å². The van der Waals surface area contributed by atoms with Crippen molar-refractivity contribution in [3.8, 4) is 63.1 Å².